The first-order valence-electron chi connectivity index (χ1n) is 5.83. The molecule has 0 atom stereocenters. The van der Waals surface area contributed by atoms with Gasteiger partial charge in [-0.1, -0.05) is 55.1 Å². The van der Waals surface area contributed by atoms with E-state index in [1.54, 1.807) is 48.5 Å². The van der Waals surface area contributed by atoms with Crippen LogP contribution in [0.25, 0.3) is 0 Å². The number of hydrogen-bond acceptors (Lipinski definition) is 2. The summed E-state index contributed by atoms with van der Waals surface area (Å²) >= 11 is 0. The van der Waals surface area contributed by atoms with Crippen LogP contribution in [-0.2, 0) is 0 Å². The predicted octanol–water partition coefficient (Wildman–Crippen LogP) is 2.81. The second-order valence-corrected chi connectivity index (χ2v) is 3.99. The molecule has 0 heterocycles. The van der Waals surface area contributed by atoms with Crippen molar-refractivity contribution < 1.29 is 9.59 Å². The van der Waals surface area contributed by atoms with E-state index in [4.69, 9.17) is 0 Å². The van der Waals surface area contributed by atoms with Gasteiger partial charge in [0.25, 0.3) is 5.91 Å². The van der Waals surface area contributed by atoms with Crippen molar-refractivity contribution in [3.8, 4) is 0 Å². The first-order chi connectivity index (χ1) is 9.18. The summed E-state index contributed by atoms with van der Waals surface area (Å²) in [5.74, 6) is -0.625. The molecule has 3 nitrogen and oxygen atoms in total. The molecule has 0 spiro atoms. The van der Waals surface area contributed by atoms with E-state index in [1.807, 2.05) is 12.1 Å². The van der Waals surface area contributed by atoms with Gasteiger partial charge < -0.3 is 5.32 Å². The van der Waals surface area contributed by atoms with Crippen molar-refractivity contribution in [2.75, 3.05) is 0 Å². The third-order valence-corrected chi connectivity index (χ3v) is 2.61. The molecule has 0 bridgehead atoms. The molecule has 0 radical (unpaired) electrons. The van der Waals surface area contributed by atoms with Gasteiger partial charge in [-0.2, -0.15) is 0 Å². The molecule has 1 amide bonds. The molecule has 2 aromatic rings. The average Bonchev–Trinajstić information content (AvgIpc) is 2.48. The lowest BCUT2D eigenvalue weighted by molar-refractivity contribution is 0.0933. The molecule has 0 fully saturated rings. The van der Waals surface area contributed by atoms with Gasteiger partial charge in [0.2, 0.25) is 5.78 Å². The number of carbonyl (C=O) groups excluding carboxylic acids is 2. The quantitative estimate of drug-likeness (QED) is 0.671. The van der Waals surface area contributed by atoms with Crippen LogP contribution in [0.2, 0.25) is 0 Å². The Morgan fingerprint density at radius 3 is 1.79 bits per heavy atom. The van der Waals surface area contributed by atoms with Gasteiger partial charge in [-0.3, -0.25) is 9.59 Å². The predicted molar refractivity (Wildman–Crippen MR) is 73.8 cm³/mol. The van der Waals surface area contributed by atoms with E-state index in [9.17, 15) is 9.59 Å². The lowest BCUT2D eigenvalue weighted by Gasteiger charge is -2.07. The minimum Gasteiger partial charge on any atom is -0.319 e. The van der Waals surface area contributed by atoms with Crippen molar-refractivity contribution in [3.05, 3.63) is 84.1 Å². The second kappa shape index (κ2) is 5.78. The minimum atomic E-state index is -0.338. The van der Waals surface area contributed by atoms with Crippen LogP contribution in [0.3, 0.4) is 0 Å². The Bertz CT molecular complexity index is 603. The van der Waals surface area contributed by atoms with Crippen molar-refractivity contribution in [1.29, 1.82) is 0 Å². The van der Waals surface area contributed by atoms with Gasteiger partial charge in [0.15, 0.2) is 0 Å². The Labute approximate surface area is 111 Å². The number of carbonyl (C=O) groups is 2. The molecule has 1 N–H and O–H groups in total. The Morgan fingerprint density at radius 1 is 0.789 bits per heavy atom. The molecule has 0 aliphatic rings. The van der Waals surface area contributed by atoms with E-state index in [1.165, 1.54) is 0 Å². The van der Waals surface area contributed by atoms with Gasteiger partial charge in [0.05, 0.1) is 5.70 Å². The maximum Gasteiger partial charge on any atom is 0.255 e. The fourth-order valence-electron chi connectivity index (χ4n) is 1.62. The minimum absolute atomic E-state index is 0.0695. The molecule has 3 heteroatoms. The fraction of sp³-hybridized carbons (Fsp3) is 0. The summed E-state index contributed by atoms with van der Waals surface area (Å²) in [5.41, 5.74) is 1.06. The zero-order valence-electron chi connectivity index (χ0n) is 10.3. The molecule has 0 unspecified atom stereocenters. The molecule has 0 saturated carbocycles. The molecular weight excluding hydrogens is 238 g/mol. The van der Waals surface area contributed by atoms with Crippen LogP contribution < -0.4 is 5.32 Å². The molecule has 0 aliphatic heterocycles. The molecule has 19 heavy (non-hydrogen) atoms. The van der Waals surface area contributed by atoms with E-state index in [0.717, 1.165) is 0 Å². The number of rotatable bonds is 4. The Kier molecular flexibility index (Phi) is 3.88. The van der Waals surface area contributed by atoms with Crippen LogP contribution in [0.1, 0.15) is 20.7 Å². The van der Waals surface area contributed by atoms with Gasteiger partial charge in [0, 0.05) is 11.1 Å². The molecule has 0 saturated heterocycles. The summed E-state index contributed by atoms with van der Waals surface area (Å²) in [7, 11) is 0. The van der Waals surface area contributed by atoms with Crippen LogP contribution >= 0.6 is 0 Å². The zero-order valence-corrected chi connectivity index (χ0v) is 10.3. The van der Waals surface area contributed by atoms with Crippen molar-refractivity contribution in [2.24, 2.45) is 0 Å². The number of ketones is 1. The van der Waals surface area contributed by atoms with Crippen molar-refractivity contribution >= 4 is 11.7 Å². The van der Waals surface area contributed by atoms with Crippen LogP contribution in [0.4, 0.5) is 0 Å². The maximum atomic E-state index is 12.0. The third kappa shape index (κ3) is 3.16. The molecule has 2 aromatic carbocycles. The SMILES string of the molecule is C=C(NC(=O)c1ccccc1)C(=O)c1ccccc1. The van der Waals surface area contributed by atoms with Crippen LogP contribution in [0, 0.1) is 0 Å². The van der Waals surface area contributed by atoms with E-state index in [-0.39, 0.29) is 17.4 Å². The van der Waals surface area contributed by atoms with Crippen molar-refractivity contribution in [1.82, 2.24) is 5.32 Å². The van der Waals surface area contributed by atoms with Crippen molar-refractivity contribution in [2.45, 2.75) is 0 Å². The van der Waals surface area contributed by atoms with Crippen LogP contribution in [-0.4, -0.2) is 11.7 Å². The number of allylic oxidation sites excluding steroid dienone is 1. The van der Waals surface area contributed by atoms with Crippen LogP contribution in [0.5, 0.6) is 0 Å². The highest BCUT2D eigenvalue weighted by Crippen LogP contribution is 2.06. The molecule has 2 rings (SSSR count). The zero-order chi connectivity index (χ0) is 13.7. The van der Waals surface area contributed by atoms with E-state index in [2.05, 4.69) is 11.9 Å². The smallest absolute Gasteiger partial charge is 0.255 e. The first kappa shape index (κ1) is 12.8. The van der Waals surface area contributed by atoms with Crippen LogP contribution in [0.15, 0.2) is 72.9 Å². The number of Topliss-reactive ketones (excluding diaryl/α,β-unsaturated/α-hetero) is 1. The topological polar surface area (TPSA) is 46.2 Å². The molecule has 0 aliphatic carbocycles. The average molecular weight is 251 g/mol. The molecule has 0 aromatic heterocycles. The summed E-state index contributed by atoms with van der Waals surface area (Å²) in [4.78, 5) is 23.9. The first-order valence-corrected chi connectivity index (χ1v) is 5.83. The summed E-state index contributed by atoms with van der Waals surface area (Å²) in [6.07, 6.45) is 0. The third-order valence-electron chi connectivity index (χ3n) is 2.61. The van der Waals surface area contributed by atoms with Gasteiger partial charge in [-0.25, -0.2) is 0 Å². The maximum absolute atomic E-state index is 12.0. The largest absolute Gasteiger partial charge is 0.319 e. The number of benzene rings is 2. The van der Waals surface area contributed by atoms with E-state index in [0.29, 0.717) is 11.1 Å². The summed E-state index contributed by atoms with van der Waals surface area (Å²) in [5, 5.41) is 2.51. The standard InChI is InChI=1S/C16H13NO2/c1-12(15(18)13-8-4-2-5-9-13)17-16(19)14-10-6-3-7-11-14/h2-11H,1H2,(H,17,19). The van der Waals surface area contributed by atoms with Gasteiger partial charge >= 0.3 is 0 Å². The number of hydrogen-bond donors (Lipinski definition) is 1. The highest BCUT2D eigenvalue weighted by Gasteiger charge is 2.13. The van der Waals surface area contributed by atoms with Gasteiger partial charge in [-0.05, 0) is 12.1 Å². The summed E-state index contributed by atoms with van der Waals surface area (Å²) in [6, 6.07) is 17.4. The lowest BCUT2D eigenvalue weighted by Crippen LogP contribution is -2.26. The molecule has 94 valence electrons. The Hall–Kier alpha value is -2.68. The van der Waals surface area contributed by atoms with Gasteiger partial charge in [-0.15, -0.1) is 0 Å². The van der Waals surface area contributed by atoms with E-state index >= 15 is 0 Å². The number of amides is 1. The Morgan fingerprint density at radius 2 is 1.26 bits per heavy atom. The van der Waals surface area contributed by atoms with E-state index < -0.39 is 0 Å². The summed E-state index contributed by atoms with van der Waals surface area (Å²) in [6.45, 7) is 3.61. The molecular formula is C16H13NO2. The fourth-order valence-corrected chi connectivity index (χ4v) is 1.62. The second-order valence-electron chi connectivity index (χ2n) is 3.99. The Balaban J connectivity index is 2.06. The monoisotopic (exact) mass is 251 g/mol. The lowest BCUT2D eigenvalue weighted by atomic mass is 10.1. The number of nitrogens with one attached hydrogen (secondary N) is 1. The highest BCUT2D eigenvalue weighted by molar-refractivity contribution is 6.11. The van der Waals surface area contributed by atoms with Crippen molar-refractivity contribution in [3.63, 3.8) is 0 Å². The summed E-state index contributed by atoms with van der Waals surface area (Å²) < 4.78 is 0. The van der Waals surface area contributed by atoms with Gasteiger partial charge in [0.1, 0.15) is 0 Å². The highest BCUT2D eigenvalue weighted by atomic mass is 16.2. The normalized spacial score (nSPS) is 9.68.